The van der Waals surface area contributed by atoms with Gasteiger partial charge >= 0.3 is 0 Å². The predicted molar refractivity (Wildman–Crippen MR) is 45.9 cm³/mol. The van der Waals surface area contributed by atoms with Gasteiger partial charge in [0, 0.05) is 12.8 Å². The van der Waals surface area contributed by atoms with Crippen LogP contribution in [-0.4, -0.2) is 36.2 Å². The number of halogens is 2. The first-order valence-electron chi connectivity index (χ1n) is 4.65. The molecule has 0 spiro atoms. The molecule has 0 bridgehead atoms. The monoisotopic (exact) mass is 191 g/mol. The third-order valence-corrected chi connectivity index (χ3v) is 2.27. The van der Waals surface area contributed by atoms with Crippen LogP contribution in [0.25, 0.3) is 0 Å². The molecule has 13 heavy (non-hydrogen) atoms. The standard InChI is InChI=1S/C9H15F2NO/c1-2-8(13)6-12-5-3-4-9(10,11)7-12/h2-7H2,1H3. The third-order valence-electron chi connectivity index (χ3n) is 2.27. The Morgan fingerprint density at radius 1 is 1.54 bits per heavy atom. The van der Waals surface area contributed by atoms with E-state index < -0.39 is 5.92 Å². The summed E-state index contributed by atoms with van der Waals surface area (Å²) in [6, 6.07) is 0. The number of hydrogen-bond donors (Lipinski definition) is 0. The van der Waals surface area contributed by atoms with Gasteiger partial charge in [-0.1, -0.05) is 6.92 Å². The molecular weight excluding hydrogens is 176 g/mol. The fourth-order valence-electron chi connectivity index (χ4n) is 1.54. The highest BCUT2D eigenvalue weighted by atomic mass is 19.3. The molecule has 1 fully saturated rings. The Morgan fingerprint density at radius 3 is 2.77 bits per heavy atom. The molecule has 0 aromatic rings. The van der Waals surface area contributed by atoms with Crippen molar-refractivity contribution in [3.05, 3.63) is 0 Å². The minimum absolute atomic E-state index is 0.0379. The van der Waals surface area contributed by atoms with Crippen molar-refractivity contribution >= 4 is 5.78 Å². The molecule has 0 aromatic heterocycles. The van der Waals surface area contributed by atoms with Crippen LogP contribution in [0.2, 0.25) is 0 Å². The van der Waals surface area contributed by atoms with Crippen LogP contribution < -0.4 is 0 Å². The van der Waals surface area contributed by atoms with Crippen molar-refractivity contribution in [2.45, 2.75) is 32.1 Å². The minimum Gasteiger partial charge on any atom is -0.298 e. The van der Waals surface area contributed by atoms with Gasteiger partial charge in [-0.2, -0.15) is 0 Å². The van der Waals surface area contributed by atoms with Crippen LogP contribution in [0, 0.1) is 0 Å². The second kappa shape index (κ2) is 4.13. The minimum atomic E-state index is -2.59. The van der Waals surface area contributed by atoms with Crippen molar-refractivity contribution in [3.8, 4) is 0 Å². The summed E-state index contributed by atoms with van der Waals surface area (Å²) in [4.78, 5) is 12.6. The summed E-state index contributed by atoms with van der Waals surface area (Å²) >= 11 is 0. The number of carbonyl (C=O) groups is 1. The van der Waals surface area contributed by atoms with Crippen LogP contribution in [0.5, 0.6) is 0 Å². The molecule has 0 unspecified atom stereocenters. The molecule has 1 aliphatic rings. The summed E-state index contributed by atoms with van der Waals surface area (Å²) in [6.45, 7) is 2.32. The smallest absolute Gasteiger partial charge is 0.260 e. The molecule has 76 valence electrons. The van der Waals surface area contributed by atoms with E-state index in [0.29, 0.717) is 19.4 Å². The summed E-state index contributed by atoms with van der Waals surface area (Å²) in [7, 11) is 0. The zero-order valence-corrected chi connectivity index (χ0v) is 7.85. The van der Waals surface area contributed by atoms with Crippen LogP contribution in [0.3, 0.4) is 0 Å². The van der Waals surface area contributed by atoms with E-state index in [1.54, 1.807) is 11.8 Å². The number of Topliss-reactive ketones (excluding diaryl/α,β-unsaturated/α-hetero) is 1. The number of nitrogens with zero attached hydrogens (tertiary/aromatic N) is 1. The van der Waals surface area contributed by atoms with Crippen molar-refractivity contribution in [2.75, 3.05) is 19.6 Å². The van der Waals surface area contributed by atoms with E-state index in [2.05, 4.69) is 0 Å². The van der Waals surface area contributed by atoms with E-state index >= 15 is 0 Å². The lowest BCUT2D eigenvalue weighted by molar-refractivity contribution is -0.122. The molecule has 1 aliphatic heterocycles. The molecule has 1 heterocycles. The molecule has 0 amide bonds. The highest BCUT2D eigenvalue weighted by Gasteiger charge is 2.35. The number of likely N-dealkylation sites (tertiary alicyclic amines) is 1. The van der Waals surface area contributed by atoms with Crippen molar-refractivity contribution < 1.29 is 13.6 Å². The Bertz CT molecular complexity index is 194. The first-order valence-corrected chi connectivity index (χ1v) is 4.65. The molecule has 0 atom stereocenters. The lowest BCUT2D eigenvalue weighted by Crippen LogP contribution is -2.44. The Balaban J connectivity index is 2.39. The van der Waals surface area contributed by atoms with E-state index in [9.17, 15) is 13.6 Å². The molecule has 0 saturated carbocycles. The van der Waals surface area contributed by atoms with Crippen molar-refractivity contribution in [2.24, 2.45) is 0 Å². The van der Waals surface area contributed by atoms with Crippen LogP contribution in [0.4, 0.5) is 8.78 Å². The average Bonchev–Trinajstić information content (AvgIpc) is 2.02. The van der Waals surface area contributed by atoms with Gasteiger partial charge in [0.15, 0.2) is 0 Å². The maximum absolute atomic E-state index is 12.9. The Hall–Kier alpha value is -0.510. The SMILES string of the molecule is CCC(=O)CN1CCCC(F)(F)C1. The maximum Gasteiger partial charge on any atom is 0.260 e. The van der Waals surface area contributed by atoms with E-state index in [1.165, 1.54) is 0 Å². The van der Waals surface area contributed by atoms with Crippen molar-refractivity contribution in [1.29, 1.82) is 0 Å². The van der Waals surface area contributed by atoms with E-state index in [-0.39, 0.29) is 25.3 Å². The van der Waals surface area contributed by atoms with Gasteiger partial charge in [-0.05, 0) is 13.0 Å². The van der Waals surface area contributed by atoms with E-state index in [4.69, 9.17) is 0 Å². The van der Waals surface area contributed by atoms with Gasteiger partial charge in [0.25, 0.3) is 5.92 Å². The van der Waals surface area contributed by atoms with E-state index in [1.807, 2.05) is 0 Å². The largest absolute Gasteiger partial charge is 0.298 e. The van der Waals surface area contributed by atoms with Gasteiger partial charge in [0.1, 0.15) is 5.78 Å². The van der Waals surface area contributed by atoms with Gasteiger partial charge < -0.3 is 0 Å². The van der Waals surface area contributed by atoms with Gasteiger partial charge in [-0.3, -0.25) is 9.69 Å². The number of hydrogen-bond acceptors (Lipinski definition) is 2. The Morgan fingerprint density at radius 2 is 2.23 bits per heavy atom. The van der Waals surface area contributed by atoms with E-state index in [0.717, 1.165) is 0 Å². The quantitative estimate of drug-likeness (QED) is 0.676. The van der Waals surface area contributed by atoms with Crippen LogP contribution in [0.15, 0.2) is 0 Å². The summed E-state index contributed by atoms with van der Waals surface area (Å²) in [5, 5.41) is 0. The van der Waals surface area contributed by atoms with Crippen molar-refractivity contribution in [1.82, 2.24) is 4.90 Å². The van der Waals surface area contributed by atoms with Gasteiger partial charge in [0.2, 0.25) is 0 Å². The summed E-state index contributed by atoms with van der Waals surface area (Å²) < 4.78 is 25.7. The second-order valence-electron chi connectivity index (χ2n) is 3.56. The van der Waals surface area contributed by atoms with Crippen molar-refractivity contribution in [3.63, 3.8) is 0 Å². The first-order chi connectivity index (χ1) is 6.03. The van der Waals surface area contributed by atoms with Crippen LogP contribution in [0.1, 0.15) is 26.2 Å². The normalized spacial score (nSPS) is 23.0. The molecular formula is C9H15F2NO. The molecule has 2 nitrogen and oxygen atoms in total. The summed E-state index contributed by atoms with van der Waals surface area (Å²) in [6.07, 6.45) is 0.885. The Kier molecular flexibility index (Phi) is 3.36. The number of ketones is 1. The fourth-order valence-corrected chi connectivity index (χ4v) is 1.54. The highest BCUT2D eigenvalue weighted by Crippen LogP contribution is 2.26. The molecule has 0 aromatic carbocycles. The molecule has 0 radical (unpaired) electrons. The molecule has 1 rings (SSSR count). The lowest BCUT2D eigenvalue weighted by Gasteiger charge is -2.31. The summed E-state index contributed by atoms with van der Waals surface area (Å²) in [5.74, 6) is -2.55. The third kappa shape index (κ3) is 3.38. The van der Waals surface area contributed by atoms with Gasteiger partial charge in [-0.25, -0.2) is 8.78 Å². The number of alkyl halides is 2. The molecule has 4 heteroatoms. The van der Waals surface area contributed by atoms with Crippen LogP contribution in [-0.2, 0) is 4.79 Å². The molecule has 0 N–H and O–H groups in total. The number of carbonyl (C=O) groups excluding carboxylic acids is 1. The predicted octanol–water partition coefficient (Wildman–Crippen LogP) is 1.70. The fraction of sp³-hybridized carbons (Fsp3) is 0.889. The zero-order valence-electron chi connectivity index (χ0n) is 7.85. The second-order valence-corrected chi connectivity index (χ2v) is 3.56. The lowest BCUT2D eigenvalue weighted by atomic mass is 10.1. The van der Waals surface area contributed by atoms with Gasteiger partial charge in [-0.15, -0.1) is 0 Å². The summed E-state index contributed by atoms with van der Waals surface area (Å²) in [5.41, 5.74) is 0. The zero-order chi connectivity index (χ0) is 9.90. The highest BCUT2D eigenvalue weighted by molar-refractivity contribution is 5.80. The first kappa shape index (κ1) is 10.6. The molecule has 0 aliphatic carbocycles. The number of piperidine rings is 1. The Labute approximate surface area is 76.9 Å². The van der Waals surface area contributed by atoms with Crippen LogP contribution >= 0.6 is 0 Å². The molecule has 1 saturated heterocycles. The van der Waals surface area contributed by atoms with Gasteiger partial charge in [0.05, 0.1) is 13.1 Å². The topological polar surface area (TPSA) is 20.3 Å². The average molecular weight is 191 g/mol. The number of rotatable bonds is 3. The maximum atomic E-state index is 12.9.